The molecule has 0 radical (unpaired) electrons. The lowest BCUT2D eigenvalue weighted by Crippen LogP contribution is -2.59. The molecule has 2 rings (SSSR count). The largest absolute Gasteiger partial charge is 0.297 e. The number of nitrogens with zero attached hydrogens (tertiary/aromatic N) is 1. The lowest BCUT2D eigenvalue weighted by molar-refractivity contribution is -0.0252. The predicted octanol–water partition coefficient (Wildman–Crippen LogP) is 1.83. The van der Waals surface area contributed by atoms with Gasteiger partial charge in [0.05, 0.1) is 6.67 Å². The zero-order valence-electron chi connectivity index (χ0n) is 7.15. The first kappa shape index (κ1) is 7.53. The molecule has 0 aromatic carbocycles. The third-order valence-electron chi connectivity index (χ3n) is 3.63. The van der Waals surface area contributed by atoms with Crippen molar-refractivity contribution in [2.24, 2.45) is 5.92 Å². The van der Waals surface area contributed by atoms with Gasteiger partial charge in [-0.1, -0.05) is 6.92 Å². The molecule has 0 aromatic rings. The van der Waals surface area contributed by atoms with Crippen LogP contribution in [-0.2, 0) is 0 Å². The van der Waals surface area contributed by atoms with Gasteiger partial charge in [-0.15, -0.1) is 0 Å². The normalized spacial score (nSPS) is 39.8. The Bertz CT molecular complexity index is 160. The molecule has 1 nitrogen and oxygen atoms in total. The highest BCUT2D eigenvalue weighted by Crippen LogP contribution is 2.45. The first-order valence-electron chi connectivity index (χ1n) is 4.60. The van der Waals surface area contributed by atoms with Gasteiger partial charge in [0.1, 0.15) is 0 Å². The van der Waals surface area contributed by atoms with E-state index in [1.54, 1.807) is 0 Å². The molecule has 64 valence electrons. The molecule has 2 saturated heterocycles. The Labute approximate surface area is 67.6 Å². The molecule has 0 amide bonds. The molecule has 2 atom stereocenters. The number of alkyl halides is 1. The highest BCUT2D eigenvalue weighted by molar-refractivity contribution is 5.06. The van der Waals surface area contributed by atoms with Gasteiger partial charge in [0.2, 0.25) is 0 Å². The maximum atomic E-state index is 12.5. The molecule has 2 unspecified atom stereocenters. The van der Waals surface area contributed by atoms with Gasteiger partial charge >= 0.3 is 0 Å². The average Bonchev–Trinajstić information content (AvgIpc) is 2.27. The van der Waals surface area contributed by atoms with E-state index in [2.05, 4.69) is 11.8 Å². The molecule has 0 saturated carbocycles. The summed E-state index contributed by atoms with van der Waals surface area (Å²) in [6.07, 6.45) is 3.75. The first-order valence-corrected chi connectivity index (χ1v) is 4.60. The molecule has 2 heteroatoms. The van der Waals surface area contributed by atoms with Gasteiger partial charge < -0.3 is 0 Å². The van der Waals surface area contributed by atoms with Crippen molar-refractivity contribution in [2.75, 3.05) is 19.8 Å². The minimum atomic E-state index is -0.142. The fraction of sp³-hybridized carbons (Fsp3) is 1.00. The molecule has 0 spiro atoms. The van der Waals surface area contributed by atoms with Crippen LogP contribution >= 0.6 is 0 Å². The summed E-state index contributed by atoms with van der Waals surface area (Å²) in [5, 5.41) is 0. The molecule has 2 fully saturated rings. The van der Waals surface area contributed by atoms with Gasteiger partial charge in [0.15, 0.2) is 0 Å². The summed E-state index contributed by atoms with van der Waals surface area (Å²) in [6.45, 7) is 4.34. The van der Waals surface area contributed by atoms with Crippen molar-refractivity contribution < 1.29 is 4.39 Å². The Kier molecular flexibility index (Phi) is 1.67. The van der Waals surface area contributed by atoms with Gasteiger partial charge in [-0.3, -0.25) is 9.29 Å². The zero-order chi connectivity index (χ0) is 7.90. The van der Waals surface area contributed by atoms with Crippen molar-refractivity contribution in [3.8, 4) is 0 Å². The summed E-state index contributed by atoms with van der Waals surface area (Å²) in [4.78, 5) is 2.47. The second-order valence-corrected chi connectivity index (χ2v) is 4.00. The molecular weight excluding hydrogens is 141 g/mol. The van der Waals surface area contributed by atoms with Crippen molar-refractivity contribution in [2.45, 2.75) is 31.7 Å². The fourth-order valence-corrected chi connectivity index (χ4v) is 2.70. The third kappa shape index (κ3) is 0.851. The number of halogens is 1. The van der Waals surface area contributed by atoms with E-state index in [4.69, 9.17) is 0 Å². The minimum Gasteiger partial charge on any atom is -0.297 e. The van der Waals surface area contributed by atoms with Crippen LogP contribution in [0, 0.1) is 5.92 Å². The van der Waals surface area contributed by atoms with Crippen LogP contribution in [-0.4, -0.2) is 30.2 Å². The first-order chi connectivity index (χ1) is 5.29. The van der Waals surface area contributed by atoms with Crippen molar-refractivity contribution >= 4 is 0 Å². The van der Waals surface area contributed by atoms with E-state index in [-0.39, 0.29) is 12.6 Å². The maximum absolute atomic E-state index is 12.5. The van der Waals surface area contributed by atoms with Crippen LogP contribution < -0.4 is 0 Å². The van der Waals surface area contributed by atoms with Gasteiger partial charge in [0, 0.05) is 18.0 Å². The van der Waals surface area contributed by atoms with Crippen LogP contribution in [0.15, 0.2) is 0 Å². The molecule has 0 aliphatic carbocycles. The highest BCUT2D eigenvalue weighted by Gasteiger charge is 2.50. The summed E-state index contributed by atoms with van der Waals surface area (Å²) in [6, 6.07) is 0. The Morgan fingerprint density at radius 2 is 2.27 bits per heavy atom. The smallest absolute Gasteiger partial charge is 0.0937 e. The topological polar surface area (TPSA) is 3.24 Å². The Balaban J connectivity index is 2.09. The van der Waals surface area contributed by atoms with Crippen LogP contribution in [0.2, 0.25) is 0 Å². The van der Waals surface area contributed by atoms with Crippen LogP contribution in [0.25, 0.3) is 0 Å². The van der Waals surface area contributed by atoms with Gasteiger partial charge in [-0.05, 0) is 25.8 Å². The number of hydrogen-bond acceptors (Lipinski definition) is 1. The highest BCUT2D eigenvalue weighted by atomic mass is 19.1. The second-order valence-electron chi connectivity index (χ2n) is 4.00. The van der Waals surface area contributed by atoms with E-state index in [1.807, 2.05) is 0 Å². The lowest BCUT2D eigenvalue weighted by Gasteiger charge is -2.51. The molecular formula is C9H16FN. The van der Waals surface area contributed by atoms with Crippen molar-refractivity contribution in [1.29, 1.82) is 0 Å². The molecule has 0 bridgehead atoms. The summed E-state index contributed by atoms with van der Waals surface area (Å²) >= 11 is 0. The van der Waals surface area contributed by atoms with Gasteiger partial charge in [-0.25, -0.2) is 0 Å². The quantitative estimate of drug-likeness (QED) is 0.591. The molecule has 0 aromatic heterocycles. The third-order valence-corrected chi connectivity index (χ3v) is 3.63. The van der Waals surface area contributed by atoms with Crippen molar-refractivity contribution in [3.63, 3.8) is 0 Å². The van der Waals surface area contributed by atoms with E-state index in [0.717, 1.165) is 0 Å². The Morgan fingerprint density at radius 1 is 1.45 bits per heavy atom. The van der Waals surface area contributed by atoms with E-state index in [9.17, 15) is 4.39 Å². The van der Waals surface area contributed by atoms with Gasteiger partial charge in [-0.2, -0.15) is 0 Å². The van der Waals surface area contributed by atoms with Crippen molar-refractivity contribution in [1.82, 2.24) is 4.90 Å². The Morgan fingerprint density at radius 3 is 2.73 bits per heavy atom. The standard InChI is InChI=1S/C9H16FN/c1-8(7-10)9-3-2-5-11(9)6-4-9/h8H,2-7H2,1H3. The van der Waals surface area contributed by atoms with Crippen LogP contribution in [0.5, 0.6) is 0 Å². The zero-order valence-corrected chi connectivity index (χ0v) is 7.15. The van der Waals surface area contributed by atoms with E-state index in [1.165, 1.54) is 32.4 Å². The van der Waals surface area contributed by atoms with Crippen LogP contribution in [0.1, 0.15) is 26.2 Å². The molecule has 11 heavy (non-hydrogen) atoms. The van der Waals surface area contributed by atoms with E-state index >= 15 is 0 Å². The molecule has 2 aliphatic heterocycles. The SMILES string of the molecule is CC(CF)C12CCCN1CC2. The summed E-state index contributed by atoms with van der Waals surface area (Å²) in [7, 11) is 0. The van der Waals surface area contributed by atoms with Crippen molar-refractivity contribution in [3.05, 3.63) is 0 Å². The summed E-state index contributed by atoms with van der Waals surface area (Å²) in [5.41, 5.74) is 0.300. The number of rotatable bonds is 2. The summed E-state index contributed by atoms with van der Waals surface area (Å²) < 4.78 is 12.5. The fourth-order valence-electron chi connectivity index (χ4n) is 2.70. The molecule has 2 heterocycles. The number of hydrogen-bond donors (Lipinski definition) is 0. The molecule has 2 aliphatic rings. The van der Waals surface area contributed by atoms with Crippen LogP contribution in [0.4, 0.5) is 4.39 Å². The van der Waals surface area contributed by atoms with E-state index in [0.29, 0.717) is 5.54 Å². The maximum Gasteiger partial charge on any atom is 0.0937 e. The number of fused-ring (bicyclic) bond motifs is 1. The van der Waals surface area contributed by atoms with Crippen LogP contribution in [0.3, 0.4) is 0 Å². The predicted molar refractivity (Wildman–Crippen MR) is 43.3 cm³/mol. The monoisotopic (exact) mass is 157 g/mol. The second kappa shape index (κ2) is 2.44. The average molecular weight is 157 g/mol. The minimum absolute atomic E-state index is 0.142. The lowest BCUT2D eigenvalue weighted by atomic mass is 9.75. The Hall–Kier alpha value is -0.110. The summed E-state index contributed by atoms with van der Waals surface area (Å²) in [5.74, 6) is 0.263. The molecule has 0 N–H and O–H groups in total. The van der Waals surface area contributed by atoms with E-state index < -0.39 is 0 Å². The van der Waals surface area contributed by atoms with Gasteiger partial charge in [0.25, 0.3) is 0 Å².